The summed E-state index contributed by atoms with van der Waals surface area (Å²) in [5.74, 6) is 0. The van der Waals surface area contributed by atoms with E-state index in [0.717, 1.165) is 0 Å². The summed E-state index contributed by atoms with van der Waals surface area (Å²) in [5, 5.41) is 16.5. The first kappa shape index (κ1) is 10.6. The first-order chi connectivity index (χ1) is 7.24. The van der Waals surface area contributed by atoms with Crippen LogP contribution in [-0.4, -0.2) is 46.7 Å². The normalized spacial score (nSPS) is 30.9. The van der Waals surface area contributed by atoms with Crippen LogP contribution >= 0.6 is 0 Å². The van der Waals surface area contributed by atoms with E-state index in [1.807, 2.05) is 0 Å². The van der Waals surface area contributed by atoms with Gasteiger partial charge in [-0.1, -0.05) is 5.21 Å². The maximum Gasteiger partial charge on any atom is 0.135 e. The van der Waals surface area contributed by atoms with Gasteiger partial charge in [0.25, 0.3) is 0 Å². The van der Waals surface area contributed by atoms with Crippen LogP contribution in [0.4, 0.5) is 4.39 Å². The van der Waals surface area contributed by atoms with Crippen LogP contribution in [0.15, 0.2) is 6.20 Å². The summed E-state index contributed by atoms with van der Waals surface area (Å²) in [5.41, 5.74) is 0.271. The van der Waals surface area contributed by atoms with E-state index in [2.05, 4.69) is 10.3 Å². The lowest BCUT2D eigenvalue weighted by Gasteiger charge is -2.15. The maximum atomic E-state index is 12.3. The minimum atomic E-state index is -0.649. The Morgan fingerprint density at radius 1 is 1.73 bits per heavy atom. The summed E-state index contributed by atoms with van der Waals surface area (Å²) >= 11 is 0. The third-order valence-corrected chi connectivity index (χ3v) is 2.47. The van der Waals surface area contributed by atoms with Gasteiger partial charge in [0, 0.05) is 6.00 Å². The van der Waals surface area contributed by atoms with Crippen molar-refractivity contribution in [1.82, 2.24) is 15.0 Å². The Balaban J connectivity index is 2.15. The van der Waals surface area contributed by atoms with Crippen LogP contribution in [0.2, 0.25) is 0 Å². The van der Waals surface area contributed by atoms with Crippen LogP contribution in [-0.2, 0) is 11.4 Å². The zero-order chi connectivity index (χ0) is 10.8. The fraction of sp³-hybridized carbons (Fsp3) is 0.750. The molecule has 80 valence electrons. The zero-order valence-corrected chi connectivity index (χ0v) is 8.08. The van der Waals surface area contributed by atoms with Gasteiger partial charge in [0.2, 0.25) is 0 Å². The van der Waals surface area contributed by atoms with Gasteiger partial charge in [-0.05, 0) is 6.42 Å². The molecule has 1 aromatic rings. The SMILES string of the molecule is [B][C@H]1C[C@H](n2cc(C[18F])nn2)[C@@H](CO)O1. The number of aliphatic hydroxyl groups excluding tert-OH is 1. The van der Waals surface area contributed by atoms with Gasteiger partial charge in [-0.3, -0.25) is 0 Å². The Kier molecular flexibility index (Phi) is 3.02. The first-order valence-electron chi connectivity index (χ1n) is 4.73. The van der Waals surface area contributed by atoms with Gasteiger partial charge in [-0.25, -0.2) is 9.07 Å². The molecule has 1 saturated heterocycles. The summed E-state index contributed by atoms with van der Waals surface area (Å²) < 4.78 is 19.0. The Hall–Kier alpha value is -0.945. The van der Waals surface area contributed by atoms with Crippen LogP contribution in [0, 0.1) is 0 Å². The molecular weight excluding hydrogens is 199 g/mol. The highest BCUT2D eigenvalue weighted by Crippen LogP contribution is 2.28. The molecule has 1 aliphatic heterocycles. The van der Waals surface area contributed by atoms with Crippen molar-refractivity contribution in [3.63, 3.8) is 0 Å². The van der Waals surface area contributed by atoms with Crippen molar-refractivity contribution in [3.8, 4) is 0 Å². The number of hydrogen-bond donors (Lipinski definition) is 1. The third-order valence-electron chi connectivity index (χ3n) is 2.47. The molecule has 0 saturated carbocycles. The van der Waals surface area contributed by atoms with Gasteiger partial charge in [0.15, 0.2) is 0 Å². The molecule has 2 rings (SSSR count). The van der Waals surface area contributed by atoms with Crippen molar-refractivity contribution in [3.05, 3.63) is 11.9 Å². The Bertz CT molecular complexity index is 335. The molecular formula is C8H11BFN3O2. The van der Waals surface area contributed by atoms with Crippen molar-refractivity contribution in [1.29, 1.82) is 0 Å². The second-order valence-corrected chi connectivity index (χ2v) is 3.52. The molecule has 0 amide bonds. The fourth-order valence-corrected chi connectivity index (χ4v) is 1.74. The first-order valence-corrected chi connectivity index (χ1v) is 4.73. The zero-order valence-electron chi connectivity index (χ0n) is 8.08. The number of nitrogens with zero attached hydrogens (tertiary/aromatic N) is 3. The molecule has 1 aromatic heterocycles. The molecule has 1 fully saturated rings. The van der Waals surface area contributed by atoms with Crippen LogP contribution in [0.25, 0.3) is 0 Å². The highest BCUT2D eigenvalue weighted by atomic mass is 18.2. The fourth-order valence-electron chi connectivity index (χ4n) is 1.74. The van der Waals surface area contributed by atoms with Crippen LogP contribution in [0.1, 0.15) is 18.2 Å². The number of halogens is 1. The highest BCUT2D eigenvalue weighted by Gasteiger charge is 2.34. The van der Waals surface area contributed by atoms with Crippen LogP contribution < -0.4 is 0 Å². The van der Waals surface area contributed by atoms with E-state index in [1.54, 1.807) is 0 Å². The number of hydrogen-bond acceptors (Lipinski definition) is 4. The molecule has 0 unspecified atom stereocenters. The smallest absolute Gasteiger partial charge is 0.135 e. The molecule has 0 bridgehead atoms. The van der Waals surface area contributed by atoms with Crippen molar-refractivity contribution in [2.75, 3.05) is 6.61 Å². The Labute approximate surface area is 87.6 Å². The van der Waals surface area contributed by atoms with E-state index in [9.17, 15) is 4.39 Å². The number of aromatic nitrogens is 3. The van der Waals surface area contributed by atoms with Gasteiger partial charge in [0.05, 0.1) is 18.8 Å². The molecule has 0 aromatic carbocycles. The van der Waals surface area contributed by atoms with Gasteiger partial charge in [-0.15, -0.1) is 5.10 Å². The standard InChI is InChI=1S/C8H11BFN3O2/c9-8-1-6(7(4-14)15-8)13-3-5(2-10)11-12-13/h3,6-8,14H,1-2,4H2/t6-,7+,8+/m0/s1/i10-1. The molecule has 1 aliphatic rings. The van der Waals surface area contributed by atoms with Crippen molar-refractivity contribution < 1.29 is 14.2 Å². The average molecular weight is 210 g/mol. The van der Waals surface area contributed by atoms with Gasteiger partial charge in [-0.2, -0.15) is 0 Å². The van der Waals surface area contributed by atoms with Crippen molar-refractivity contribution in [2.24, 2.45) is 0 Å². The maximum absolute atomic E-state index is 12.3. The molecule has 15 heavy (non-hydrogen) atoms. The summed E-state index contributed by atoms with van der Waals surface area (Å²) in [6, 6.07) is -0.581. The van der Waals surface area contributed by atoms with Crippen LogP contribution in [0.3, 0.4) is 0 Å². The molecule has 5 nitrogen and oxygen atoms in total. The lowest BCUT2D eigenvalue weighted by molar-refractivity contribution is 0.0265. The number of ether oxygens (including phenoxy) is 1. The predicted octanol–water partition coefficient (Wildman–Crippen LogP) is -0.436. The molecule has 1 N–H and O–H groups in total. The highest BCUT2D eigenvalue weighted by molar-refractivity contribution is 6.11. The number of rotatable bonds is 3. The number of aliphatic hydroxyl groups is 1. The second kappa shape index (κ2) is 4.28. The van der Waals surface area contributed by atoms with E-state index in [1.165, 1.54) is 10.9 Å². The summed E-state index contributed by atoms with van der Waals surface area (Å²) in [6.07, 6.45) is 1.66. The number of alkyl halides is 1. The third kappa shape index (κ3) is 2.03. The molecule has 2 heterocycles. The monoisotopic (exact) mass is 210 g/mol. The topological polar surface area (TPSA) is 60.2 Å². The molecule has 0 spiro atoms. The lowest BCUT2D eigenvalue weighted by Crippen LogP contribution is -2.24. The summed E-state index contributed by atoms with van der Waals surface area (Å²) in [7, 11) is 5.60. The molecule has 0 aliphatic carbocycles. The quantitative estimate of drug-likeness (QED) is 0.687. The minimum Gasteiger partial charge on any atom is -0.394 e. The van der Waals surface area contributed by atoms with Gasteiger partial charge < -0.3 is 9.84 Å². The van der Waals surface area contributed by atoms with Crippen molar-refractivity contribution in [2.45, 2.75) is 31.2 Å². The van der Waals surface area contributed by atoms with E-state index < -0.39 is 18.8 Å². The second-order valence-electron chi connectivity index (χ2n) is 3.52. The molecule has 7 heteroatoms. The van der Waals surface area contributed by atoms with Gasteiger partial charge >= 0.3 is 0 Å². The predicted molar refractivity (Wildman–Crippen MR) is 50.0 cm³/mol. The van der Waals surface area contributed by atoms with Crippen LogP contribution in [0.5, 0.6) is 0 Å². The lowest BCUT2D eigenvalue weighted by atomic mass is 9.95. The summed E-state index contributed by atoms with van der Waals surface area (Å²) in [4.78, 5) is 0. The van der Waals surface area contributed by atoms with E-state index in [0.29, 0.717) is 6.42 Å². The summed E-state index contributed by atoms with van der Waals surface area (Å²) in [6.45, 7) is -0.785. The van der Waals surface area contributed by atoms with E-state index >= 15 is 0 Å². The van der Waals surface area contributed by atoms with Crippen molar-refractivity contribution >= 4 is 7.85 Å². The minimum absolute atomic E-state index is 0.136. The molecule has 2 radical (unpaired) electrons. The average Bonchev–Trinajstić information content (AvgIpc) is 2.82. The van der Waals surface area contributed by atoms with Gasteiger partial charge in [0.1, 0.15) is 26.3 Å². The van der Waals surface area contributed by atoms with E-state index in [-0.39, 0.29) is 18.3 Å². The largest absolute Gasteiger partial charge is 0.394 e. The Morgan fingerprint density at radius 2 is 2.53 bits per heavy atom. The Morgan fingerprint density at radius 3 is 3.13 bits per heavy atom. The molecule has 3 atom stereocenters. The van der Waals surface area contributed by atoms with E-state index in [4.69, 9.17) is 17.7 Å².